The number of nitrogens with zero attached hydrogens (tertiary/aromatic N) is 2. The van der Waals surface area contributed by atoms with E-state index in [1.54, 1.807) is 24.8 Å². The zero-order valence-corrected chi connectivity index (χ0v) is 15.4. The largest absolute Gasteiger partial charge is 0.483 e. The topological polar surface area (TPSA) is 49.9 Å². The second-order valence-electron chi connectivity index (χ2n) is 6.89. The van der Waals surface area contributed by atoms with Crippen LogP contribution < -0.4 is 4.74 Å². The molecule has 5 nitrogen and oxygen atoms in total. The molecular formula is C17H19F3N2O3S. The molecule has 1 saturated heterocycles. The number of fused-ring (bicyclic) bond motifs is 1. The number of ether oxygens (including phenoxy) is 1. The molecule has 0 bridgehead atoms. The molecule has 0 saturated carbocycles. The van der Waals surface area contributed by atoms with Crippen LogP contribution in [0, 0.1) is 0 Å². The van der Waals surface area contributed by atoms with Crippen molar-refractivity contribution in [3.05, 3.63) is 29.8 Å². The van der Waals surface area contributed by atoms with E-state index >= 15 is 0 Å². The standard InChI is InChI=1S/C17H19F3N2O3S/c1-16(2)9-13(22-7-6-21(3)10-15(22)23)12-8-11(4-5-14(12)25-16)26(24)17(18,19)20/h4-5,8-9H,6-7,10H2,1-3H3. The zero-order chi connectivity index (χ0) is 19.3. The predicted octanol–water partition coefficient (Wildman–Crippen LogP) is 2.60. The lowest BCUT2D eigenvalue weighted by Gasteiger charge is -2.39. The Labute approximate surface area is 151 Å². The van der Waals surface area contributed by atoms with Gasteiger partial charge in [0.05, 0.1) is 12.2 Å². The van der Waals surface area contributed by atoms with Crippen molar-refractivity contribution in [2.75, 3.05) is 26.7 Å². The highest BCUT2D eigenvalue weighted by Crippen LogP contribution is 2.40. The number of hydrogen-bond donors (Lipinski definition) is 0. The first-order chi connectivity index (χ1) is 12.0. The second kappa shape index (κ2) is 6.38. The Kier molecular flexibility index (Phi) is 4.64. The number of benzene rings is 1. The van der Waals surface area contributed by atoms with Crippen LogP contribution in [0.2, 0.25) is 0 Å². The Morgan fingerprint density at radius 3 is 2.54 bits per heavy atom. The van der Waals surface area contributed by atoms with Gasteiger partial charge in [-0.25, -0.2) is 4.21 Å². The minimum Gasteiger partial charge on any atom is -0.483 e. The number of alkyl halides is 3. The number of piperazine rings is 1. The lowest BCUT2D eigenvalue weighted by molar-refractivity contribution is -0.131. The fourth-order valence-electron chi connectivity index (χ4n) is 3.04. The summed E-state index contributed by atoms with van der Waals surface area (Å²) in [6, 6.07) is 3.72. The van der Waals surface area contributed by atoms with Gasteiger partial charge in [0, 0.05) is 23.5 Å². The third kappa shape index (κ3) is 3.64. The SMILES string of the molecule is CN1CCN(C2=CC(C)(C)Oc3ccc(S(=O)C(F)(F)F)cc32)C(=O)C1. The van der Waals surface area contributed by atoms with Gasteiger partial charge in [-0.2, -0.15) is 13.2 Å². The molecule has 0 aromatic heterocycles. The molecule has 2 aliphatic heterocycles. The van der Waals surface area contributed by atoms with Crippen LogP contribution in [0.1, 0.15) is 19.4 Å². The molecule has 1 aromatic rings. The van der Waals surface area contributed by atoms with Crippen LogP contribution >= 0.6 is 0 Å². The molecule has 142 valence electrons. The summed E-state index contributed by atoms with van der Waals surface area (Å²) in [4.78, 5) is 15.5. The molecule has 1 aromatic carbocycles. The molecular weight excluding hydrogens is 369 g/mol. The second-order valence-corrected chi connectivity index (χ2v) is 8.36. The van der Waals surface area contributed by atoms with E-state index in [0.29, 0.717) is 30.1 Å². The summed E-state index contributed by atoms with van der Waals surface area (Å²) < 4.78 is 56.0. The van der Waals surface area contributed by atoms with Crippen molar-refractivity contribution in [3.63, 3.8) is 0 Å². The zero-order valence-electron chi connectivity index (χ0n) is 14.6. The lowest BCUT2D eigenvalue weighted by atomic mass is 9.97. The average Bonchev–Trinajstić information content (AvgIpc) is 2.51. The monoisotopic (exact) mass is 388 g/mol. The normalized spacial score (nSPS) is 21.7. The minimum atomic E-state index is -4.85. The first-order valence-electron chi connectivity index (χ1n) is 8.02. The molecule has 0 N–H and O–H groups in total. The molecule has 1 fully saturated rings. The van der Waals surface area contributed by atoms with Crippen LogP contribution in [0.5, 0.6) is 5.75 Å². The number of amides is 1. The highest BCUT2D eigenvalue weighted by Gasteiger charge is 2.39. The van der Waals surface area contributed by atoms with Crippen LogP contribution in [0.4, 0.5) is 13.2 Å². The summed E-state index contributed by atoms with van der Waals surface area (Å²) >= 11 is 0. The Morgan fingerprint density at radius 1 is 1.23 bits per heavy atom. The lowest BCUT2D eigenvalue weighted by Crippen LogP contribution is -2.48. The first kappa shape index (κ1) is 18.9. The smallest absolute Gasteiger partial charge is 0.475 e. The molecule has 26 heavy (non-hydrogen) atoms. The van der Waals surface area contributed by atoms with Gasteiger partial charge in [0.25, 0.3) is 0 Å². The Morgan fingerprint density at radius 2 is 1.92 bits per heavy atom. The average molecular weight is 388 g/mol. The van der Waals surface area contributed by atoms with Gasteiger partial charge in [0.2, 0.25) is 5.91 Å². The highest BCUT2D eigenvalue weighted by molar-refractivity contribution is 7.86. The summed E-state index contributed by atoms with van der Waals surface area (Å²) in [5, 5.41) is 0. The van der Waals surface area contributed by atoms with E-state index in [2.05, 4.69) is 0 Å². The van der Waals surface area contributed by atoms with Gasteiger partial charge in [0.1, 0.15) is 11.4 Å². The van der Waals surface area contributed by atoms with E-state index in [9.17, 15) is 22.2 Å². The summed E-state index contributed by atoms with van der Waals surface area (Å²) in [5.74, 6) is 0.221. The van der Waals surface area contributed by atoms with Crippen molar-refractivity contribution >= 4 is 22.4 Å². The molecule has 1 atom stereocenters. The van der Waals surface area contributed by atoms with Crippen LogP contribution in [0.3, 0.4) is 0 Å². The van der Waals surface area contributed by atoms with E-state index in [-0.39, 0.29) is 17.3 Å². The van der Waals surface area contributed by atoms with Crippen molar-refractivity contribution in [1.82, 2.24) is 9.80 Å². The maximum atomic E-state index is 12.8. The van der Waals surface area contributed by atoms with Crippen molar-refractivity contribution in [3.8, 4) is 5.75 Å². The highest BCUT2D eigenvalue weighted by atomic mass is 32.2. The maximum absolute atomic E-state index is 12.8. The van der Waals surface area contributed by atoms with Crippen LogP contribution in [-0.2, 0) is 15.6 Å². The van der Waals surface area contributed by atoms with Crippen LogP contribution in [0.15, 0.2) is 29.2 Å². The molecule has 1 amide bonds. The van der Waals surface area contributed by atoms with E-state index in [4.69, 9.17) is 4.74 Å². The van der Waals surface area contributed by atoms with Gasteiger partial charge in [-0.05, 0) is 45.2 Å². The van der Waals surface area contributed by atoms with Crippen LogP contribution in [0.25, 0.3) is 5.70 Å². The van der Waals surface area contributed by atoms with Crippen molar-refractivity contribution < 1.29 is 26.9 Å². The molecule has 0 aliphatic carbocycles. The molecule has 0 spiro atoms. The third-order valence-electron chi connectivity index (χ3n) is 4.21. The van der Waals surface area contributed by atoms with Crippen molar-refractivity contribution in [1.29, 1.82) is 0 Å². The number of halogens is 3. The Balaban J connectivity index is 2.07. The number of carbonyl (C=O) groups is 1. The third-order valence-corrected chi connectivity index (χ3v) is 5.31. The fourth-order valence-corrected chi connectivity index (χ4v) is 3.72. The molecule has 1 unspecified atom stereocenters. The van der Waals surface area contributed by atoms with E-state index < -0.39 is 21.9 Å². The molecule has 0 radical (unpaired) electrons. The van der Waals surface area contributed by atoms with E-state index in [0.717, 1.165) is 6.07 Å². The molecule has 3 rings (SSSR count). The number of rotatable bonds is 2. The first-order valence-corrected chi connectivity index (χ1v) is 9.17. The van der Waals surface area contributed by atoms with Gasteiger partial charge in [-0.15, -0.1) is 0 Å². The maximum Gasteiger partial charge on any atom is 0.475 e. The van der Waals surface area contributed by atoms with E-state index in [1.165, 1.54) is 12.1 Å². The van der Waals surface area contributed by atoms with Gasteiger partial charge in [-0.3, -0.25) is 9.69 Å². The summed E-state index contributed by atoms with van der Waals surface area (Å²) in [6.07, 6.45) is 1.72. The van der Waals surface area contributed by atoms with Gasteiger partial charge >= 0.3 is 5.51 Å². The number of hydrogen-bond acceptors (Lipinski definition) is 4. The molecule has 9 heteroatoms. The van der Waals surface area contributed by atoms with Crippen molar-refractivity contribution in [2.24, 2.45) is 0 Å². The quantitative estimate of drug-likeness (QED) is 0.782. The molecule has 2 aliphatic rings. The van der Waals surface area contributed by atoms with E-state index in [1.807, 2.05) is 11.9 Å². The molecule has 2 heterocycles. The fraction of sp³-hybridized carbons (Fsp3) is 0.471. The summed E-state index contributed by atoms with van der Waals surface area (Å²) in [6.45, 7) is 4.90. The minimum absolute atomic E-state index is 0.143. The van der Waals surface area contributed by atoms with Gasteiger partial charge in [0.15, 0.2) is 10.8 Å². The number of carbonyl (C=O) groups excluding carboxylic acids is 1. The van der Waals surface area contributed by atoms with Crippen molar-refractivity contribution in [2.45, 2.75) is 29.9 Å². The summed E-state index contributed by atoms with van der Waals surface area (Å²) in [5.41, 5.74) is -4.74. The summed E-state index contributed by atoms with van der Waals surface area (Å²) in [7, 11) is -1.32. The Bertz CT molecular complexity index is 805. The Hall–Kier alpha value is -1.87. The predicted molar refractivity (Wildman–Crippen MR) is 90.8 cm³/mol. The van der Waals surface area contributed by atoms with Gasteiger partial charge < -0.3 is 9.64 Å². The van der Waals surface area contributed by atoms with Gasteiger partial charge in [-0.1, -0.05) is 0 Å². The number of likely N-dealkylation sites (N-methyl/N-ethyl adjacent to an activating group) is 1. The van der Waals surface area contributed by atoms with Crippen LogP contribution in [-0.4, -0.2) is 57.7 Å².